The molecule has 0 aromatic carbocycles. The predicted molar refractivity (Wildman–Crippen MR) is 59.6 cm³/mol. The molecule has 1 N–H and O–H groups in total. The van der Waals surface area contributed by atoms with E-state index in [4.69, 9.17) is 4.74 Å². The summed E-state index contributed by atoms with van der Waals surface area (Å²) in [5.74, 6) is 0. The third-order valence-corrected chi connectivity index (χ3v) is 2.87. The van der Waals surface area contributed by atoms with E-state index in [1.807, 2.05) is 0 Å². The van der Waals surface area contributed by atoms with Crippen molar-refractivity contribution in [1.82, 2.24) is 10.2 Å². The van der Waals surface area contributed by atoms with Crippen LogP contribution in [0.5, 0.6) is 0 Å². The van der Waals surface area contributed by atoms with Crippen LogP contribution in [0.3, 0.4) is 0 Å². The largest absolute Gasteiger partial charge is 0.380 e. The molecule has 1 aliphatic heterocycles. The summed E-state index contributed by atoms with van der Waals surface area (Å²) in [6.07, 6.45) is 2.41. The van der Waals surface area contributed by atoms with Crippen molar-refractivity contribution in [1.29, 1.82) is 0 Å². The fraction of sp³-hybridized carbons (Fsp3) is 1.00. The molecule has 0 radical (unpaired) electrons. The average Bonchev–Trinajstić information content (AvgIpc) is 2.48. The van der Waals surface area contributed by atoms with E-state index in [-0.39, 0.29) is 0 Å². The highest BCUT2D eigenvalue weighted by atomic mass is 16.5. The van der Waals surface area contributed by atoms with Gasteiger partial charge in [-0.15, -0.1) is 0 Å². The van der Waals surface area contributed by atoms with Crippen LogP contribution in [-0.2, 0) is 4.74 Å². The van der Waals surface area contributed by atoms with Gasteiger partial charge >= 0.3 is 0 Å². The molecule has 14 heavy (non-hydrogen) atoms. The zero-order valence-corrected chi connectivity index (χ0v) is 9.59. The Hall–Kier alpha value is -0.120. The monoisotopic (exact) mass is 200 g/mol. The Bertz CT molecular complexity index is 133. The van der Waals surface area contributed by atoms with Gasteiger partial charge in [0.15, 0.2) is 0 Å². The first kappa shape index (κ1) is 12.0. The lowest BCUT2D eigenvalue weighted by molar-refractivity contribution is 0.130. The summed E-state index contributed by atoms with van der Waals surface area (Å²) < 4.78 is 5.46. The molecule has 0 spiro atoms. The molecule has 3 nitrogen and oxygen atoms in total. The second-order valence-corrected chi connectivity index (χ2v) is 3.87. The van der Waals surface area contributed by atoms with E-state index in [1.54, 1.807) is 0 Å². The molecular weight excluding hydrogens is 176 g/mol. The van der Waals surface area contributed by atoms with Gasteiger partial charge in [0.05, 0.1) is 6.61 Å². The number of nitrogens with zero attached hydrogens (tertiary/aromatic N) is 1. The first-order valence-corrected chi connectivity index (χ1v) is 5.91. The van der Waals surface area contributed by atoms with Gasteiger partial charge in [0, 0.05) is 32.3 Å². The third kappa shape index (κ3) is 3.95. The second-order valence-electron chi connectivity index (χ2n) is 3.87. The average molecular weight is 200 g/mol. The lowest BCUT2D eigenvalue weighted by Crippen LogP contribution is -2.43. The molecule has 1 fully saturated rings. The van der Waals surface area contributed by atoms with E-state index >= 15 is 0 Å². The van der Waals surface area contributed by atoms with Crippen molar-refractivity contribution >= 4 is 0 Å². The van der Waals surface area contributed by atoms with E-state index in [2.05, 4.69) is 24.1 Å². The zero-order valence-electron chi connectivity index (χ0n) is 9.59. The topological polar surface area (TPSA) is 24.5 Å². The molecule has 3 heteroatoms. The van der Waals surface area contributed by atoms with Gasteiger partial charge in [0.1, 0.15) is 0 Å². The van der Waals surface area contributed by atoms with Crippen LogP contribution in [-0.4, -0.2) is 50.3 Å². The summed E-state index contributed by atoms with van der Waals surface area (Å²) in [5, 5.41) is 3.43. The van der Waals surface area contributed by atoms with Gasteiger partial charge in [-0.3, -0.25) is 4.90 Å². The number of ether oxygens (including phenoxy) is 1. The molecule has 1 aliphatic rings. The van der Waals surface area contributed by atoms with Crippen LogP contribution in [0.1, 0.15) is 26.7 Å². The molecular formula is C11H24N2O. The van der Waals surface area contributed by atoms with Crippen molar-refractivity contribution in [3.63, 3.8) is 0 Å². The number of nitrogens with one attached hydrogen (secondary N) is 1. The summed E-state index contributed by atoms with van der Waals surface area (Å²) in [4.78, 5) is 2.57. The van der Waals surface area contributed by atoms with Crippen molar-refractivity contribution < 1.29 is 4.74 Å². The minimum Gasteiger partial charge on any atom is -0.380 e. The molecule has 0 saturated carbocycles. The first-order chi connectivity index (χ1) is 6.88. The fourth-order valence-corrected chi connectivity index (χ4v) is 1.97. The lowest BCUT2D eigenvalue weighted by Gasteiger charge is -2.29. The normalized spacial score (nSPS) is 21.9. The molecule has 0 aromatic heterocycles. The van der Waals surface area contributed by atoms with Gasteiger partial charge in [-0.25, -0.2) is 0 Å². The number of hydrogen-bond donors (Lipinski definition) is 1. The fourth-order valence-electron chi connectivity index (χ4n) is 1.97. The molecule has 0 aliphatic carbocycles. The van der Waals surface area contributed by atoms with Gasteiger partial charge in [0.2, 0.25) is 0 Å². The van der Waals surface area contributed by atoms with Gasteiger partial charge in [0.25, 0.3) is 0 Å². The highest BCUT2D eigenvalue weighted by Gasteiger charge is 2.17. The molecule has 1 unspecified atom stereocenters. The van der Waals surface area contributed by atoms with Crippen LogP contribution in [0.4, 0.5) is 0 Å². The van der Waals surface area contributed by atoms with Crippen molar-refractivity contribution in [2.75, 3.05) is 39.4 Å². The van der Waals surface area contributed by atoms with Crippen LogP contribution in [0.2, 0.25) is 0 Å². The molecule has 84 valence electrons. The van der Waals surface area contributed by atoms with Gasteiger partial charge < -0.3 is 10.1 Å². The van der Waals surface area contributed by atoms with E-state index in [9.17, 15) is 0 Å². The molecule has 1 atom stereocenters. The van der Waals surface area contributed by atoms with Gasteiger partial charge in [-0.1, -0.05) is 13.8 Å². The van der Waals surface area contributed by atoms with Crippen LogP contribution in [0, 0.1) is 0 Å². The Morgan fingerprint density at radius 1 is 1.29 bits per heavy atom. The van der Waals surface area contributed by atoms with E-state index in [0.717, 1.165) is 32.8 Å². The summed E-state index contributed by atoms with van der Waals surface area (Å²) >= 11 is 0. The predicted octanol–water partition coefficient (Wildman–Crippen LogP) is 1.10. The van der Waals surface area contributed by atoms with Crippen molar-refractivity contribution in [2.24, 2.45) is 0 Å². The lowest BCUT2D eigenvalue weighted by atomic mass is 10.2. The smallest absolute Gasteiger partial charge is 0.0593 e. The molecule has 0 aromatic rings. The summed E-state index contributed by atoms with van der Waals surface area (Å²) in [6.45, 7) is 10.8. The van der Waals surface area contributed by atoms with E-state index < -0.39 is 0 Å². The highest BCUT2D eigenvalue weighted by molar-refractivity contribution is 4.73. The third-order valence-electron chi connectivity index (χ3n) is 2.87. The summed E-state index contributed by atoms with van der Waals surface area (Å²) in [6, 6.07) is 0.691. The minimum absolute atomic E-state index is 0.691. The second kappa shape index (κ2) is 7.21. The number of rotatable bonds is 5. The van der Waals surface area contributed by atoms with Crippen molar-refractivity contribution in [2.45, 2.75) is 32.7 Å². The molecule has 1 saturated heterocycles. The Labute approximate surface area is 87.8 Å². The van der Waals surface area contributed by atoms with E-state index in [0.29, 0.717) is 6.04 Å². The maximum absolute atomic E-state index is 5.46. The van der Waals surface area contributed by atoms with Crippen LogP contribution < -0.4 is 5.32 Å². The molecule has 1 rings (SSSR count). The summed E-state index contributed by atoms with van der Waals surface area (Å²) in [5.41, 5.74) is 0. The molecule has 0 amide bonds. The molecule has 1 heterocycles. The Morgan fingerprint density at radius 2 is 2.14 bits per heavy atom. The van der Waals surface area contributed by atoms with Gasteiger partial charge in [-0.05, 0) is 19.4 Å². The maximum Gasteiger partial charge on any atom is 0.0593 e. The van der Waals surface area contributed by atoms with Crippen molar-refractivity contribution in [3.05, 3.63) is 0 Å². The van der Waals surface area contributed by atoms with Crippen LogP contribution in [0.25, 0.3) is 0 Å². The number of likely N-dealkylation sites (N-methyl/N-ethyl adjacent to an activating group) is 1. The number of hydrogen-bond acceptors (Lipinski definition) is 3. The summed E-state index contributed by atoms with van der Waals surface area (Å²) in [7, 11) is 0. The van der Waals surface area contributed by atoms with Crippen molar-refractivity contribution in [3.8, 4) is 0 Å². The van der Waals surface area contributed by atoms with Crippen LogP contribution in [0.15, 0.2) is 0 Å². The zero-order chi connectivity index (χ0) is 10.2. The van der Waals surface area contributed by atoms with Crippen LogP contribution >= 0.6 is 0 Å². The minimum atomic E-state index is 0.691. The maximum atomic E-state index is 5.46. The standard InChI is InChI=1S/C11H24N2O/c1-3-11(10-12-4-2)13-6-5-8-14-9-7-13/h11-12H,3-10H2,1-2H3. The first-order valence-electron chi connectivity index (χ1n) is 5.91. The Kier molecular flexibility index (Phi) is 6.15. The highest BCUT2D eigenvalue weighted by Crippen LogP contribution is 2.07. The quantitative estimate of drug-likeness (QED) is 0.719. The van der Waals surface area contributed by atoms with Gasteiger partial charge in [-0.2, -0.15) is 0 Å². The Balaban J connectivity index is 2.32. The van der Waals surface area contributed by atoms with E-state index in [1.165, 1.54) is 19.4 Å². The Morgan fingerprint density at radius 3 is 2.86 bits per heavy atom. The SMILES string of the molecule is CCNCC(CC)N1CCCOCC1. The molecule has 0 bridgehead atoms.